The Labute approximate surface area is 117 Å². The first kappa shape index (κ1) is 13.0. The summed E-state index contributed by atoms with van der Waals surface area (Å²) in [7, 11) is 0. The summed E-state index contributed by atoms with van der Waals surface area (Å²) in [6.45, 7) is 0. The lowest BCUT2D eigenvalue weighted by Gasteiger charge is -2.08. The van der Waals surface area contributed by atoms with Gasteiger partial charge in [0.15, 0.2) is 0 Å². The van der Waals surface area contributed by atoms with Crippen molar-refractivity contribution >= 4 is 22.5 Å². The maximum atomic E-state index is 14.1. The van der Waals surface area contributed by atoms with E-state index in [1.54, 1.807) is 12.3 Å². The molecule has 1 aromatic heterocycles. The molecule has 0 aliphatic rings. The Morgan fingerprint density at radius 3 is 2.75 bits per heavy atom. The lowest BCUT2D eigenvalue weighted by Crippen LogP contribution is -1.94. The number of benzene rings is 2. The Morgan fingerprint density at radius 1 is 1.20 bits per heavy atom. The van der Waals surface area contributed by atoms with E-state index in [0.717, 1.165) is 6.07 Å². The van der Waals surface area contributed by atoms with Crippen molar-refractivity contribution in [2.24, 2.45) is 0 Å². The highest BCUT2D eigenvalue weighted by Gasteiger charge is 2.17. The lowest BCUT2D eigenvalue weighted by atomic mass is 10.0. The molecule has 0 atom stereocenters. The molecule has 0 aliphatic carbocycles. The second kappa shape index (κ2) is 4.83. The SMILES string of the molecule is Fc1c(-c2cc(Cl)c3[nH]ncc3c2)cccc1C(F)F. The zero-order valence-corrected chi connectivity index (χ0v) is 10.8. The summed E-state index contributed by atoms with van der Waals surface area (Å²) in [6, 6.07) is 7.09. The number of hydrogen-bond donors (Lipinski definition) is 1. The molecule has 1 N–H and O–H groups in total. The molecule has 3 aromatic rings. The third kappa shape index (κ3) is 2.04. The second-order valence-electron chi connectivity index (χ2n) is 4.30. The van der Waals surface area contributed by atoms with Gasteiger partial charge in [-0.25, -0.2) is 13.2 Å². The average Bonchev–Trinajstić information content (AvgIpc) is 2.87. The van der Waals surface area contributed by atoms with E-state index >= 15 is 0 Å². The van der Waals surface area contributed by atoms with Gasteiger partial charge in [-0.2, -0.15) is 5.10 Å². The maximum absolute atomic E-state index is 14.1. The monoisotopic (exact) mass is 296 g/mol. The third-order valence-electron chi connectivity index (χ3n) is 3.08. The largest absolute Gasteiger partial charge is 0.276 e. The predicted octanol–water partition coefficient (Wildman–Crippen LogP) is 4.96. The molecule has 6 heteroatoms. The number of H-pyrrole nitrogens is 1. The van der Waals surface area contributed by atoms with E-state index < -0.39 is 17.8 Å². The number of halogens is 4. The van der Waals surface area contributed by atoms with Crippen molar-refractivity contribution in [1.82, 2.24) is 10.2 Å². The summed E-state index contributed by atoms with van der Waals surface area (Å²) in [5.74, 6) is -0.929. The molecule has 3 rings (SSSR count). The number of fused-ring (bicyclic) bond motifs is 1. The molecule has 1 heterocycles. The Balaban J connectivity index is 2.23. The molecule has 20 heavy (non-hydrogen) atoms. The molecule has 0 bridgehead atoms. The highest BCUT2D eigenvalue weighted by atomic mass is 35.5. The zero-order chi connectivity index (χ0) is 14.3. The molecule has 0 unspecified atom stereocenters. The van der Waals surface area contributed by atoms with Crippen LogP contribution in [0.4, 0.5) is 13.2 Å². The highest BCUT2D eigenvalue weighted by molar-refractivity contribution is 6.35. The molecule has 0 amide bonds. The molecular formula is C14H8ClF3N2. The zero-order valence-electron chi connectivity index (χ0n) is 10.0. The van der Waals surface area contributed by atoms with Gasteiger partial charge < -0.3 is 0 Å². The van der Waals surface area contributed by atoms with Gasteiger partial charge in [0.05, 0.1) is 22.3 Å². The second-order valence-corrected chi connectivity index (χ2v) is 4.71. The van der Waals surface area contributed by atoms with Crippen LogP contribution in [0.5, 0.6) is 0 Å². The van der Waals surface area contributed by atoms with Gasteiger partial charge >= 0.3 is 0 Å². The topological polar surface area (TPSA) is 28.7 Å². The Bertz CT molecular complexity index is 783. The van der Waals surface area contributed by atoms with E-state index in [-0.39, 0.29) is 5.56 Å². The van der Waals surface area contributed by atoms with Gasteiger partial charge in [0.1, 0.15) is 5.82 Å². The van der Waals surface area contributed by atoms with Gasteiger partial charge in [-0.3, -0.25) is 5.10 Å². The summed E-state index contributed by atoms with van der Waals surface area (Å²) in [5.41, 5.74) is 0.531. The number of aromatic amines is 1. The first-order valence-corrected chi connectivity index (χ1v) is 6.15. The van der Waals surface area contributed by atoms with Crippen molar-refractivity contribution in [2.75, 3.05) is 0 Å². The van der Waals surface area contributed by atoms with Crippen LogP contribution in [0, 0.1) is 5.82 Å². The minimum absolute atomic E-state index is 0.0906. The van der Waals surface area contributed by atoms with Crippen molar-refractivity contribution in [3.8, 4) is 11.1 Å². The Kier molecular flexibility index (Phi) is 3.14. The molecular weight excluding hydrogens is 289 g/mol. The molecule has 0 radical (unpaired) electrons. The summed E-state index contributed by atoms with van der Waals surface area (Å²) in [4.78, 5) is 0. The smallest absolute Gasteiger partial charge is 0.266 e. The number of hydrogen-bond acceptors (Lipinski definition) is 1. The van der Waals surface area contributed by atoms with Crippen LogP contribution in [0.1, 0.15) is 12.0 Å². The minimum Gasteiger partial charge on any atom is -0.276 e. The van der Waals surface area contributed by atoms with Crippen molar-refractivity contribution in [3.05, 3.63) is 52.9 Å². The number of rotatable bonds is 2. The summed E-state index contributed by atoms with van der Waals surface area (Å²) in [5, 5.41) is 7.60. The van der Waals surface area contributed by atoms with Gasteiger partial charge in [-0.1, -0.05) is 29.8 Å². The van der Waals surface area contributed by atoms with Crippen molar-refractivity contribution in [2.45, 2.75) is 6.43 Å². The van der Waals surface area contributed by atoms with Crippen LogP contribution in [-0.2, 0) is 0 Å². The number of alkyl halides is 2. The molecule has 102 valence electrons. The minimum atomic E-state index is -2.86. The van der Waals surface area contributed by atoms with Crippen LogP contribution >= 0.6 is 11.6 Å². The van der Waals surface area contributed by atoms with E-state index in [1.165, 1.54) is 18.2 Å². The van der Waals surface area contributed by atoms with Crippen LogP contribution in [0.3, 0.4) is 0 Å². The van der Waals surface area contributed by atoms with Crippen molar-refractivity contribution in [3.63, 3.8) is 0 Å². The van der Waals surface area contributed by atoms with E-state index in [1.807, 2.05) is 0 Å². The highest BCUT2D eigenvalue weighted by Crippen LogP contribution is 2.34. The molecule has 2 aromatic carbocycles. The number of aromatic nitrogens is 2. The fourth-order valence-electron chi connectivity index (χ4n) is 2.11. The molecule has 0 spiro atoms. The van der Waals surface area contributed by atoms with Crippen molar-refractivity contribution in [1.29, 1.82) is 0 Å². The summed E-state index contributed by atoms with van der Waals surface area (Å²) >= 11 is 6.07. The van der Waals surface area contributed by atoms with E-state index in [4.69, 9.17) is 11.6 Å². The van der Waals surface area contributed by atoms with Crippen LogP contribution in [-0.4, -0.2) is 10.2 Å². The van der Waals surface area contributed by atoms with Crippen molar-refractivity contribution < 1.29 is 13.2 Å². The van der Waals surface area contributed by atoms with Gasteiger partial charge in [0, 0.05) is 10.9 Å². The lowest BCUT2D eigenvalue weighted by molar-refractivity contribution is 0.146. The predicted molar refractivity (Wildman–Crippen MR) is 71.5 cm³/mol. The first-order chi connectivity index (χ1) is 9.58. The van der Waals surface area contributed by atoms with Crippen LogP contribution < -0.4 is 0 Å². The maximum Gasteiger partial charge on any atom is 0.266 e. The van der Waals surface area contributed by atoms with Gasteiger partial charge in [0.25, 0.3) is 6.43 Å². The average molecular weight is 297 g/mol. The van der Waals surface area contributed by atoms with E-state index in [0.29, 0.717) is 21.5 Å². The van der Waals surface area contributed by atoms with Crippen LogP contribution in [0.25, 0.3) is 22.0 Å². The summed E-state index contributed by atoms with van der Waals surface area (Å²) < 4.78 is 39.6. The van der Waals surface area contributed by atoms with Gasteiger partial charge in [0.2, 0.25) is 0 Å². The van der Waals surface area contributed by atoms with Gasteiger partial charge in [-0.05, 0) is 17.7 Å². The number of nitrogens with zero attached hydrogens (tertiary/aromatic N) is 1. The van der Waals surface area contributed by atoms with E-state index in [2.05, 4.69) is 10.2 Å². The molecule has 0 aliphatic heterocycles. The number of nitrogens with one attached hydrogen (secondary N) is 1. The summed E-state index contributed by atoms with van der Waals surface area (Å²) in [6.07, 6.45) is -1.32. The van der Waals surface area contributed by atoms with E-state index in [9.17, 15) is 13.2 Å². The normalized spacial score (nSPS) is 11.4. The first-order valence-electron chi connectivity index (χ1n) is 5.77. The Hall–Kier alpha value is -2.01. The third-order valence-corrected chi connectivity index (χ3v) is 3.37. The molecule has 0 fully saturated rings. The molecule has 0 saturated carbocycles. The van der Waals surface area contributed by atoms with Crippen LogP contribution in [0.15, 0.2) is 36.5 Å². The standard InChI is InChI=1S/C14H8ClF3N2/c15-11-5-7(4-8-6-19-20-13(8)11)9-2-1-3-10(12(9)16)14(17)18/h1-6,14H,(H,19,20). The quantitative estimate of drug-likeness (QED) is 0.711. The molecule has 2 nitrogen and oxygen atoms in total. The molecule has 0 saturated heterocycles. The Morgan fingerprint density at radius 2 is 2.00 bits per heavy atom. The van der Waals surface area contributed by atoms with Crippen LogP contribution in [0.2, 0.25) is 5.02 Å². The van der Waals surface area contributed by atoms with Gasteiger partial charge in [-0.15, -0.1) is 0 Å². The fraction of sp³-hybridized carbons (Fsp3) is 0.0714. The fourth-order valence-corrected chi connectivity index (χ4v) is 2.38.